The summed E-state index contributed by atoms with van der Waals surface area (Å²) >= 11 is 0. The van der Waals surface area contributed by atoms with Crippen LogP contribution in [0.4, 0.5) is 0 Å². The predicted octanol–water partition coefficient (Wildman–Crippen LogP) is -215. The van der Waals surface area contributed by atoms with Crippen molar-refractivity contribution in [2.45, 2.75) is 0 Å². The topological polar surface area (TPSA) is 0 Å². The van der Waals surface area contributed by atoms with Crippen molar-refractivity contribution in [1.82, 2.24) is 0 Å². The maximum atomic E-state index is 0. The van der Waals surface area contributed by atoms with E-state index < -0.39 is 0 Å². The molecule has 0 N–H and O–H groups in total. The molecule has 0 saturated heterocycles. The molecule has 0 fully saturated rings. The molecule has 0 aliphatic carbocycles. The molecule has 0 spiro atoms. The van der Waals surface area contributed by atoms with Gasteiger partial charge in [-0.25, -0.2) is 0 Å². The van der Waals surface area contributed by atoms with Crippen LogP contribution in [0.2, 0.25) is 0 Å². The van der Waals surface area contributed by atoms with Crippen LogP contribution in [-0.4, -0.2) is 0 Å². The monoisotopic (exact) mass is 1730 g/mol. The summed E-state index contributed by atoms with van der Waals surface area (Å²) in [6.45, 7) is 0. The van der Waals surface area contributed by atoms with Gasteiger partial charge in [0, 0.05) is 0 Å². The first-order chi connectivity index (χ1) is 0. The van der Waals surface area contributed by atoms with E-state index in [2.05, 4.69) is 0 Å². The molecule has 0 aliphatic heterocycles. The van der Waals surface area contributed by atoms with Crippen molar-refractivity contribution in [3.8, 4) is 0 Å². The van der Waals surface area contributed by atoms with Gasteiger partial charge < -0.3 is 0 Å². The van der Waals surface area contributed by atoms with Crippen molar-refractivity contribution in [2.24, 2.45) is 0 Å². The van der Waals surface area contributed by atoms with Crippen LogP contribution in [-0.2, 0) is 0 Å². The van der Waals surface area contributed by atoms with Gasteiger partial charge in [0.25, 0.3) is 0 Å². The fraction of sp³-hybridized carbons (Fsp3) is 0. The third-order valence-corrected chi connectivity index (χ3v) is 0. The zero-order valence-corrected chi connectivity index (χ0v) is 218. The second-order valence-electron chi connectivity index (χ2n) is 0. The zero-order valence-electron chi connectivity index (χ0n) is 72.8. The van der Waals surface area contributed by atoms with Crippen molar-refractivity contribution >= 4 is 24.8 Å². The molecule has 74 heteroatoms. The van der Waals surface area contributed by atoms with Crippen LogP contribution >= 0.6 is 24.8 Å². The number of rotatable bonds is 0. The molecule has 0 nitrogen and oxygen atoms in total. The second kappa shape index (κ2) is 578. The van der Waals surface area contributed by atoms with Gasteiger partial charge in [-0.05, 0) is 0 Å². The van der Waals surface area contributed by atoms with E-state index in [1.807, 2.05) is 0 Å². The standard InChI is InChI=1S/2ClH.72Na/h2*1H;;;;;;;;;;;;;;;;;;;;;;;;;;;;;;;;;;;;;;;;;;;;;;;;;;;;;;;;;;;;;;;;;;;;;;;;/q;;72*+1. The minimum absolute atomic E-state index is 0. The Morgan fingerprint density at radius 2 is 0.0270 bits per heavy atom. The molecule has 16 valence electrons. The van der Waals surface area contributed by atoms with Gasteiger partial charge in [0.15, 0.2) is 0 Å². The summed E-state index contributed by atoms with van der Waals surface area (Å²) in [6, 6.07) is 0. The van der Waals surface area contributed by atoms with Crippen molar-refractivity contribution in [2.75, 3.05) is 0 Å². The maximum absolute atomic E-state index is 0. The summed E-state index contributed by atoms with van der Waals surface area (Å²) in [5.41, 5.74) is 0. The van der Waals surface area contributed by atoms with Crippen molar-refractivity contribution in [3.05, 3.63) is 0 Å². The van der Waals surface area contributed by atoms with Gasteiger partial charge in [-0.3, -0.25) is 0 Å². The van der Waals surface area contributed by atoms with Gasteiger partial charge in [-0.2, -0.15) is 0 Å². The van der Waals surface area contributed by atoms with Crippen molar-refractivity contribution in [1.29, 1.82) is 0 Å². The smallest absolute Gasteiger partial charge is 0.147 e. The van der Waals surface area contributed by atoms with Gasteiger partial charge in [-0.1, -0.05) is 0 Å². The Kier molecular flexibility index (Phi) is 4600. The quantitative estimate of drug-likeness (QED) is 0.212. The van der Waals surface area contributed by atoms with Gasteiger partial charge in [0.2, 0.25) is 0 Å². The summed E-state index contributed by atoms with van der Waals surface area (Å²) in [5, 5.41) is 0. The third kappa shape index (κ3) is 566. The Morgan fingerprint density at radius 3 is 0.0270 bits per heavy atom. The molecule has 74 heavy (non-hydrogen) atoms. The average Bonchev–Trinajstić information content (AvgIpc) is 0. The molecule has 0 unspecified atom stereocenters. The maximum Gasteiger partial charge on any atom is 1.00 e. The van der Waals surface area contributed by atoms with Crippen LogP contribution in [0, 0.1) is 0 Å². The van der Waals surface area contributed by atoms with E-state index in [4.69, 9.17) is 0 Å². The molecule has 0 bridgehead atoms. The van der Waals surface area contributed by atoms with Gasteiger partial charge >= 0.3 is 2130 Å². The van der Waals surface area contributed by atoms with Gasteiger partial charge in [0.05, 0.1) is 0 Å². The zero-order chi connectivity index (χ0) is 0. The minimum atomic E-state index is 0. The van der Waals surface area contributed by atoms with E-state index in [-0.39, 0.29) is 2150 Å². The first kappa shape index (κ1) is 590. The molecule has 0 saturated carbocycles. The molecule has 0 rings (SSSR count). The Labute approximate surface area is 2070 Å². The summed E-state index contributed by atoms with van der Waals surface area (Å²) in [4.78, 5) is 0. The van der Waals surface area contributed by atoms with E-state index in [1.54, 1.807) is 0 Å². The second-order valence-corrected chi connectivity index (χ2v) is 0. The van der Waals surface area contributed by atoms with Gasteiger partial charge in [-0.15, -0.1) is 24.8 Å². The first-order valence-electron chi connectivity index (χ1n) is 0. The Hall–Kier alpha value is 72.6. The van der Waals surface area contributed by atoms with E-state index in [0.717, 1.165) is 0 Å². The summed E-state index contributed by atoms with van der Waals surface area (Å²) in [6.07, 6.45) is 0. The van der Waals surface area contributed by atoms with Crippen LogP contribution < -0.4 is 2130 Å². The van der Waals surface area contributed by atoms with Gasteiger partial charge in [0.1, 0.15) is 0 Å². The van der Waals surface area contributed by atoms with Crippen LogP contribution in [0.25, 0.3) is 0 Å². The van der Waals surface area contributed by atoms with Crippen LogP contribution in [0.15, 0.2) is 0 Å². The molecule has 0 aromatic rings. The molecule has 0 aromatic heterocycles. The van der Waals surface area contributed by atoms with E-state index in [9.17, 15) is 0 Å². The number of hydrogen-bond acceptors (Lipinski definition) is 0. The fourth-order valence-corrected chi connectivity index (χ4v) is 0. The van der Waals surface area contributed by atoms with Crippen molar-refractivity contribution < 1.29 is 2130 Å². The molecule has 0 aromatic carbocycles. The molecule has 0 heterocycles. The van der Waals surface area contributed by atoms with Crippen LogP contribution in [0.1, 0.15) is 0 Å². The van der Waals surface area contributed by atoms with E-state index in [0.29, 0.717) is 0 Å². The van der Waals surface area contributed by atoms with Crippen LogP contribution in [0.5, 0.6) is 0 Å². The molecular weight excluding hydrogens is 1730 g/mol. The fourth-order valence-electron chi connectivity index (χ4n) is 0. The molecule has 0 aliphatic rings. The number of halogens is 2. The largest absolute Gasteiger partial charge is 1.00 e. The average molecular weight is 1730 g/mol. The van der Waals surface area contributed by atoms with E-state index >= 15 is 0 Å². The Bertz CT molecular complexity index is 13.3. The molecule has 0 radical (unpaired) electrons. The third-order valence-electron chi connectivity index (χ3n) is 0. The number of hydrogen-bond donors (Lipinski definition) is 0. The van der Waals surface area contributed by atoms with Crippen molar-refractivity contribution in [3.63, 3.8) is 0 Å². The molecule has 0 amide bonds. The molecular formula is H2Cl2Na72+72. The Morgan fingerprint density at radius 1 is 0.0270 bits per heavy atom. The predicted molar refractivity (Wildman–Crippen MR) is 14.5 cm³/mol. The first-order valence-corrected chi connectivity index (χ1v) is 0. The summed E-state index contributed by atoms with van der Waals surface area (Å²) in [5.74, 6) is 0. The molecule has 0 atom stereocenters. The minimum Gasteiger partial charge on any atom is -0.147 e. The summed E-state index contributed by atoms with van der Waals surface area (Å²) in [7, 11) is 0. The summed E-state index contributed by atoms with van der Waals surface area (Å²) < 4.78 is 0. The van der Waals surface area contributed by atoms with E-state index in [1.165, 1.54) is 0 Å². The normalized spacial score (nSPS) is 0. The van der Waals surface area contributed by atoms with Crippen LogP contribution in [0.3, 0.4) is 0 Å². The SMILES string of the molecule is Cl.Cl.[Na+].[Na+].[Na+].[Na+].[Na+].[Na+].[Na+].[Na+].[Na+].[Na+].[Na+].[Na+].[Na+].[Na+].[Na+].[Na+].[Na+].[Na+].[Na+].[Na+].[Na+].[Na+].[Na+].[Na+].[Na+].[Na+].[Na+].[Na+].[Na+].[Na+].[Na+].[Na+].[Na+].[Na+].[Na+].[Na+].[Na+].[Na+].[Na+].[Na+].[Na+].[Na+].[Na+].[Na+].[Na+].[Na+].[Na+].[Na+].[Na+].[Na+].[Na+].[Na+].[Na+].[Na+].[Na+].[Na+].[Na+].[Na+].[Na+].[Na+].[Na+].[Na+].[Na+].[Na+].[Na+].[Na+].[Na+].[Na+].[Na+].[Na+].[Na+].[Na+]. The Balaban J connectivity index is 0.